The van der Waals surface area contributed by atoms with Crippen LogP contribution in [0.15, 0.2) is 23.1 Å². The lowest BCUT2D eigenvalue weighted by atomic mass is 10.0. The molecule has 0 bridgehead atoms. The van der Waals surface area contributed by atoms with E-state index in [9.17, 15) is 8.42 Å². The Morgan fingerprint density at radius 1 is 1.20 bits per heavy atom. The molecule has 0 unspecified atom stereocenters. The van der Waals surface area contributed by atoms with Crippen LogP contribution < -0.4 is 10.0 Å². The highest BCUT2D eigenvalue weighted by molar-refractivity contribution is 8.00. The van der Waals surface area contributed by atoms with Crippen molar-refractivity contribution in [1.82, 2.24) is 0 Å². The average Bonchev–Trinajstić information content (AvgIpc) is 2.47. The second-order valence-corrected chi connectivity index (χ2v) is 8.73. The van der Waals surface area contributed by atoms with Crippen LogP contribution in [0.2, 0.25) is 0 Å². The van der Waals surface area contributed by atoms with E-state index in [4.69, 9.17) is 5.73 Å². The van der Waals surface area contributed by atoms with Gasteiger partial charge in [-0.1, -0.05) is 19.3 Å². The maximum Gasteiger partial charge on any atom is 0.238 e. The monoisotopic (exact) mass is 312 g/mol. The van der Waals surface area contributed by atoms with E-state index >= 15 is 0 Å². The Morgan fingerprint density at radius 3 is 2.70 bits per heavy atom. The van der Waals surface area contributed by atoms with Crippen LogP contribution in [-0.4, -0.2) is 26.0 Å². The second-order valence-electron chi connectivity index (χ2n) is 5.45. The number of fused-ring (bicyclic) bond motifs is 1. The van der Waals surface area contributed by atoms with Crippen molar-refractivity contribution in [3.05, 3.63) is 18.2 Å². The molecule has 0 atom stereocenters. The molecule has 2 N–H and O–H groups in total. The fourth-order valence-corrected chi connectivity index (χ4v) is 6.23. The summed E-state index contributed by atoms with van der Waals surface area (Å²) in [7, 11) is -3.25. The predicted octanol–water partition coefficient (Wildman–Crippen LogP) is 2.84. The van der Waals surface area contributed by atoms with Gasteiger partial charge in [0.15, 0.2) is 0 Å². The summed E-state index contributed by atoms with van der Waals surface area (Å²) in [5.74, 6) is 0.808. The molecular weight excluding hydrogens is 292 g/mol. The first-order valence-electron chi connectivity index (χ1n) is 7.13. The van der Waals surface area contributed by atoms with Gasteiger partial charge >= 0.3 is 0 Å². The summed E-state index contributed by atoms with van der Waals surface area (Å²) < 4.78 is 27.4. The summed E-state index contributed by atoms with van der Waals surface area (Å²) in [6, 6.07) is 5.56. The molecule has 6 heteroatoms. The third-order valence-electron chi connectivity index (χ3n) is 4.08. The number of rotatable bonds is 2. The topological polar surface area (TPSA) is 63.4 Å². The molecule has 0 amide bonds. The van der Waals surface area contributed by atoms with Crippen molar-refractivity contribution in [2.45, 2.75) is 42.2 Å². The minimum Gasteiger partial charge on any atom is -0.399 e. The number of hydrogen-bond donors (Lipinski definition) is 1. The van der Waals surface area contributed by atoms with Crippen molar-refractivity contribution in [2.24, 2.45) is 0 Å². The van der Waals surface area contributed by atoms with Gasteiger partial charge in [-0.2, -0.15) is 0 Å². The van der Waals surface area contributed by atoms with Crippen molar-refractivity contribution in [2.75, 3.05) is 22.3 Å². The number of hydrogen-bond acceptors (Lipinski definition) is 4. The van der Waals surface area contributed by atoms with Gasteiger partial charge in [-0.3, -0.25) is 4.31 Å². The standard InChI is InChI=1S/C14H20N2O2S2/c15-11-6-7-14-13(10-11)16(8-9-19-14)20(17,18)12-4-2-1-3-5-12/h6-7,10,12H,1-5,8-9,15H2. The highest BCUT2D eigenvalue weighted by atomic mass is 32.2. The second kappa shape index (κ2) is 5.48. The number of nitrogens with zero attached hydrogens (tertiary/aromatic N) is 1. The quantitative estimate of drug-likeness (QED) is 0.853. The first kappa shape index (κ1) is 14.1. The number of anilines is 2. The zero-order valence-corrected chi connectivity index (χ0v) is 13.0. The lowest BCUT2D eigenvalue weighted by Gasteiger charge is -2.34. The van der Waals surface area contributed by atoms with Crippen molar-refractivity contribution in [3.8, 4) is 0 Å². The number of thioether (sulfide) groups is 1. The lowest BCUT2D eigenvalue weighted by Crippen LogP contribution is -2.42. The Kier molecular flexibility index (Phi) is 3.86. The fraction of sp³-hybridized carbons (Fsp3) is 0.571. The van der Waals surface area contributed by atoms with Crippen molar-refractivity contribution in [3.63, 3.8) is 0 Å². The Morgan fingerprint density at radius 2 is 1.95 bits per heavy atom. The maximum atomic E-state index is 12.9. The molecule has 0 saturated heterocycles. The van der Waals surface area contributed by atoms with E-state index < -0.39 is 10.0 Å². The highest BCUT2D eigenvalue weighted by Crippen LogP contribution is 2.39. The third-order valence-corrected chi connectivity index (χ3v) is 7.43. The number of nitrogen functional groups attached to an aromatic ring is 1. The molecule has 20 heavy (non-hydrogen) atoms. The molecule has 3 rings (SSSR count). The van der Waals surface area contributed by atoms with E-state index in [1.807, 2.05) is 12.1 Å². The van der Waals surface area contributed by atoms with Crippen LogP contribution in [0.5, 0.6) is 0 Å². The minimum atomic E-state index is -3.25. The normalized spacial score (nSPS) is 20.7. The summed E-state index contributed by atoms with van der Waals surface area (Å²) in [6.45, 7) is 0.556. The SMILES string of the molecule is Nc1ccc2c(c1)N(S(=O)(=O)C1CCCCC1)CCS2. The molecule has 2 aliphatic rings. The Hall–Kier alpha value is -0.880. The summed E-state index contributed by atoms with van der Waals surface area (Å²) in [5.41, 5.74) is 7.23. The van der Waals surface area contributed by atoms with E-state index in [1.54, 1.807) is 22.1 Å². The molecule has 4 nitrogen and oxygen atoms in total. The van der Waals surface area contributed by atoms with Gasteiger partial charge in [-0.15, -0.1) is 11.8 Å². The fourth-order valence-electron chi connectivity index (χ4n) is 3.02. The van der Waals surface area contributed by atoms with Crippen molar-refractivity contribution < 1.29 is 8.42 Å². The van der Waals surface area contributed by atoms with Gasteiger partial charge in [0.05, 0.1) is 10.9 Å². The summed E-state index contributed by atoms with van der Waals surface area (Å²) in [6.07, 6.45) is 4.80. The number of sulfonamides is 1. The van der Waals surface area contributed by atoms with Crippen molar-refractivity contribution >= 4 is 33.2 Å². The van der Waals surface area contributed by atoms with Gasteiger partial charge < -0.3 is 5.73 Å². The summed E-state index contributed by atoms with van der Waals surface area (Å²) in [5, 5.41) is -0.214. The molecule has 110 valence electrons. The molecule has 0 spiro atoms. The van der Waals surface area contributed by atoms with Crippen LogP contribution in [0.3, 0.4) is 0 Å². The first-order chi connectivity index (χ1) is 9.59. The van der Waals surface area contributed by atoms with Crippen molar-refractivity contribution in [1.29, 1.82) is 0 Å². The lowest BCUT2D eigenvalue weighted by molar-refractivity contribution is 0.482. The third kappa shape index (κ3) is 2.51. The van der Waals surface area contributed by atoms with Gasteiger partial charge in [0, 0.05) is 22.9 Å². The molecular formula is C14H20N2O2S2. The Labute approximate surface area is 124 Å². The van der Waals surface area contributed by atoms with E-state index in [2.05, 4.69) is 0 Å². The number of nitrogens with two attached hydrogens (primary N) is 1. The molecule has 1 heterocycles. The molecule has 0 aromatic heterocycles. The van der Waals surface area contributed by atoms with Gasteiger partial charge in [-0.05, 0) is 31.0 Å². The molecule has 1 aromatic rings. The number of benzene rings is 1. The average molecular weight is 312 g/mol. The molecule has 1 aliphatic heterocycles. The van der Waals surface area contributed by atoms with Crippen LogP contribution >= 0.6 is 11.8 Å². The van der Waals surface area contributed by atoms with Crippen LogP contribution in [0.4, 0.5) is 11.4 Å². The molecule has 1 aliphatic carbocycles. The predicted molar refractivity (Wildman–Crippen MR) is 84.7 cm³/mol. The van der Waals surface area contributed by atoms with Gasteiger partial charge in [0.25, 0.3) is 0 Å². The molecule has 1 aromatic carbocycles. The maximum absolute atomic E-state index is 12.9. The highest BCUT2D eigenvalue weighted by Gasteiger charge is 2.35. The first-order valence-corrected chi connectivity index (χ1v) is 9.62. The van der Waals surface area contributed by atoms with E-state index in [0.29, 0.717) is 12.2 Å². The molecule has 1 fully saturated rings. The van der Waals surface area contributed by atoms with Gasteiger partial charge in [0.1, 0.15) is 0 Å². The minimum absolute atomic E-state index is 0.214. The van der Waals surface area contributed by atoms with Crippen LogP contribution in [-0.2, 0) is 10.0 Å². The summed E-state index contributed by atoms with van der Waals surface area (Å²) >= 11 is 1.70. The molecule has 1 saturated carbocycles. The Bertz CT molecular complexity index is 595. The van der Waals surface area contributed by atoms with Gasteiger partial charge in [0.2, 0.25) is 10.0 Å². The zero-order chi connectivity index (χ0) is 14.2. The van der Waals surface area contributed by atoms with E-state index in [0.717, 1.165) is 48.4 Å². The zero-order valence-electron chi connectivity index (χ0n) is 11.4. The van der Waals surface area contributed by atoms with Crippen LogP contribution in [0.25, 0.3) is 0 Å². The largest absolute Gasteiger partial charge is 0.399 e. The van der Waals surface area contributed by atoms with E-state index in [1.165, 1.54) is 0 Å². The van der Waals surface area contributed by atoms with Crippen LogP contribution in [0, 0.1) is 0 Å². The van der Waals surface area contributed by atoms with Gasteiger partial charge in [-0.25, -0.2) is 8.42 Å². The Balaban J connectivity index is 1.97. The van der Waals surface area contributed by atoms with E-state index in [-0.39, 0.29) is 5.25 Å². The molecule has 0 radical (unpaired) electrons. The smallest absolute Gasteiger partial charge is 0.238 e. The summed E-state index contributed by atoms with van der Waals surface area (Å²) in [4.78, 5) is 1.02. The van der Waals surface area contributed by atoms with Crippen LogP contribution in [0.1, 0.15) is 32.1 Å².